The molecule has 1 unspecified atom stereocenters. The van der Waals surface area contributed by atoms with Crippen LogP contribution >= 0.6 is 27.5 Å². The van der Waals surface area contributed by atoms with Crippen molar-refractivity contribution in [1.29, 1.82) is 0 Å². The maximum Gasteiger partial charge on any atom is 0.252 e. The van der Waals surface area contributed by atoms with Gasteiger partial charge < -0.3 is 5.32 Å². The first-order chi connectivity index (χ1) is 9.94. The van der Waals surface area contributed by atoms with E-state index in [2.05, 4.69) is 21.2 Å². The first-order valence-electron chi connectivity index (χ1n) is 6.66. The zero-order chi connectivity index (χ0) is 15.5. The van der Waals surface area contributed by atoms with E-state index in [4.69, 9.17) is 11.6 Å². The van der Waals surface area contributed by atoms with Gasteiger partial charge in [0.1, 0.15) is 0 Å². The molecule has 2 rings (SSSR count). The van der Waals surface area contributed by atoms with E-state index in [9.17, 15) is 4.79 Å². The number of carbonyl (C=O) groups is 1. The molecule has 0 saturated heterocycles. The molecule has 0 saturated carbocycles. The number of nitrogens with one attached hydrogen (secondary N) is 1. The van der Waals surface area contributed by atoms with Crippen molar-refractivity contribution >= 4 is 33.4 Å². The lowest BCUT2D eigenvalue weighted by atomic mass is 9.93. The van der Waals surface area contributed by atoms with Crippen molar-refractivity contribution in [3.8, 4) is 0 Å². The minimum absolute atomic E-state index is 0.133. The highest BCUT2D eigenvalue weighted by Gasteiger charge is 2.28. The number of amides is 1. The molecule has 0 fully saturated rings. The molecule has 0 bridgehead atoms. The Morgan fingerprint density at radius 1 is 1.24 bits per heavy atom. The van der Waals surface area contributed by atoms with E-state index in [-0.39, 0.29) is 5.91 Å². The summed E-state index contributed by atoms with van der Waals surface area (Å²) >= 11 is 9.53. The Kier molecular flexibility index (Phi) is 5.07. The lowest BCUT2D eigenvalue weighted by molar-refractivity contribution is 0.0913. The SMILES string of the molecule is Cc1cc(Br)cc(C(=O)NC(C)(CCl)c2ccccc2)c1. The normalized spacial score (nSPS) is 13.5. The molecule has 0 aliphatic rings. The molecule has 2 aromatic carbocycles. The van der Waals surface area contributed by atoms with Crippen LogP contribution in [0.3, 0.4) is 0 Å². The van der Waals surface area contributed by atoms with Crippen molar-refractivity contribution < 1.29 is 4.79 Å². The van der Waals surface area contributed by atoms with Gasteiger partial charge in [-0.05, 0) is 43.2 Å². The Hall–Kier alpha value is -1.32. The zero-order valence-electron chi connectivity index (χ0n) is 12.0. The summed E-state index contributed by atoms with van der Waals surface area (Å²) in [5.41, 5.74) is 2.03. The molecule has 2 aromatic rings. The topological polar surface area (TPSA) is 29.1 Å². The van der Waals surface area contributed by atoms with Crippen molar-refractivity contribution in [1.82, 2.24) is 5.32 Å². The fraction of sp³-hybridized carbons (Fsp3) is 0.235. The molecular formula is C17H17BrClNO. The van der Waals surface area contributed by atoms with Crippen LogP contribution in [0.2, 0.25) is 0 Å². The van der Waals surface area contributed by atoms with E-state index in [1.165, 1.54) is 0 Å². The summed E-state index contributed by atoms with van der Waals surface area (Å²) < 4.78 is 0.889. The highest BCUT2D eigenvalue weighted by Crippen LogP contribution is 2.23. The van der Waals surface area contributed by atoms with Crippen molar-refractivity contribution in [3.63, 3.8) is 0 Å². The average molecular weight is 367 g/mol. The largest absolute Gasteiger partial charge is 0.342 e. The van der Waals surface area contributed by atoms with Gasteiger partial charge in [0.05, 0.1) is 5.54 Å². The van der Waals surface area contributed by atoms with Gasteiger partial charge in [-0.2, -0.15) is 0 Å². The van der Waals surface area contributed by atoms with Gasteiger partial charge in [0, 0.05) is 15.9 Å². The standard InChI is InChI=1S/C17H17BrClNO/c1-12-8-13(10-15(18)9-12)16(21)20-17(2,11-19)14-6-4-3-5-7-14/h3-10H,11H2,1-2H3,(H,20,21). The van der Waals surface area contributed by atoms with Gasteiger partial charge in [0.25, 0.3) is 5.91 Å². The third-order valence-corrected chi connectivity index (χ3v) is 4.36. The van der Waals surface area contributed by atoms with Crippen LogP contribution in [0.4, 0.5) is 0 Å². The maximum absolute atomic E-state index is 12.5. The zero-order valence-corrected chi connectivity index (χ0v) is 14.3. The first-order valence-corrected chi connectivity index (χ1v) is 7.98. The molecule has 0 heterocycles. The molecule has 1 amide bonds. The number of rotatable bonds is 4. The van der Waals surface area contributed by atoms with Gasteiger partial charge in [0.2, 0.25) is 0 Å². The molecular weight excluding hydrogens is 350 g/mol. The maximum atomic E-state index is 12.5. The predicted molar refractivity (Wildman–Crippen MR) is 90.9 cm³/mol. The molecule has 0 aliphatic heterocycles. The highest BCUT2D eigenvalue weighted by molar-refractivity contribution is 9.10. The highest BCUT2D eigenvalue weighted by atomic mass is 79.9. The summed E-state index contributed by atoms with van der Waals surface area (Å²) in [6, 6.07) is 15.4. The second kappa shape index (κ2) is 6.63. The van der Waals surface area contributed by atoms with Crippen LogP contribution in [0.15, 0.2) is 53.0 Å². The van der Waals surface area contributed by atoms with E-state index in [1.807, 2.05) is 62.4 Å². The van der Waals surface area contributed by atoms with Crippen molar-refractivity contribution in [2.24, 2.45) is 0 Å². The molecule has 0 radical (unpaired) electrons. The van der Waals surface area contributed by atoms with Crippen LogP contribution in [0, 0.1) is 6.92 Å². The van der Waals surface area contributed by atoms with Crippen LogP contribution in [-0.4, -0.2) is 11.8 Å². The molecule has 1 N–H and O–H groups in total. The van der Waals surface area contributed by atoms with Crippen LogP contribution in [0.5, 0.6) is 0 Å². The van der Waals surface area contributed by atoms with Gasteiger partial charge in [0.15, 0.2) is 0 Å². The van der Waals surface area contributed by atoms with Crippen LogP contribution < -0.4 is 5.32 Å². The van der Waals surface area contributed by atoms with E-state index >= 15 is 0 Å². The summed E-state index contributed by atoms with van der Waals surface area (Å²) in [5, 5.41) is 3.04. The summed E-state index contributed by atoms with van der Waals surface area (Å²) in [6.45, 7) is 3.89. The minimum atomic E-state index is -0.601. The molecule has 0 spiro atoms. The second-order valence-electron chi connectivity index (χ2n) is 5.30. The third-order valence-electron chi connectivity index (χ3n) is 3.37. The van der Waals surface area contributed by atoms with Gasteiger partial charge in [-0.3, -0.25) is 4.79 Å². The smallest absolute Gasteiger partial charge is 0.252 e. The van der Waals surface area contributed by atoms with Crippen LogP contribution in [-0.2, 0) is 5.54 Å². The van der Waals surface area contributed by atoms with E-state index in [1.54, 1.807) is 0 Å². The molecule has 2 nitrogen and oxygen atoms in total. The first kappa shape index (κ1) is 16.1. The Bertz CT molecular complexity index is 624. The van der Waals surface area contributed by atoms with Gasteiger partial charge >= 0.3 is 0 Å². The van der Waals surface area contributed by atoms with Gasteiger partial charge in [-0.25, -0.2) is 0 Å². The summed E-state index contributed by atoms with van der Waals surface area (Å²) in [5.74, 6) is 0.168. The number of benzene rings is 2. The number of alkyl halides is 1. The molecule has 0 aliphatic carbocycles. The Balaban J connectivity index is 2.28. The summed E-state index contributed by atoms with van der Waals surface area (Å²) in [7, 11) is 0. The number of hydrogen-bond donors (Lipinski definition) is 1. The van der Waals surface area contributed by atoms with Crippen LogP contribution in [0.25, 0.3) is 0 Å². The van der Waals surface area contributed by atoms with E-state index in [0.717, 1.165) is 15.6 Å². The number of aryl methyl sites for hydroxylation is 1. The number of hydrogen-bond acceptors (Lipinski definition) is 1. The molecule has 110 valence electrons. The van der Waals surface area contributed by atoms with Crippen molar-refractivity contribution in [2.45, 2.75) is 19.4 Å². The minimum Gasteiger partial charge on any atom is -0.342 e. The molecule has 1 atom stereocenters. The Morgan fingerprint density at radius 3 is 2.48 bits per heavy atom. The summed E-state index contributed by atoms with van der Waals surface area (Å²) in [4.78, 5) is 12.5. The summed E-state index contributed by atoms with van der Waals surface area (Å²) in [6.07, 6.45) is 0. The van der Waals surface area contributed by atoms with E-state index in [0.29, 0.717) is 11.4 Å². The predicted octanol–water partition coefficient (Wildman–Crippen LogP) is 4.64. The lowest BCUT2D eigenvalue weighted by Gasteiger charge is -2.29. The average Bonchev–Trinajstić information content (AvgIpc) is 2.47. The van der Waals surface area contributed by atoms with Gasteiger partial charge in [-0.15, -0.1) is 11.6 Å². The van der Waals surface area contributed by atoms with E-state index < -0.39 is 5.54 Å². The van der Waals surface area contributed by atoms with Gasteiger partial charge in [-0.1, -0.05) is 46.3 Å². The van der Waals surface area contributed by atoms with Crippen molar-refractivity contribution in [3.05, 3.63) is 69.7 Å². The third kappa shape index (κ3) is 3.86. The molecule has 4 heteroatoms. The fourth-order valence-electron chi connectivity index (χ4n) is 2.18. The fourth-order valence-corrected chi connectivity index (χ4v) is 3.01. The second-order valence-corrected chi connectivity index (χ2v) is 6.49. The molecule has 21 heavy (non-hydrogen) atoms. The number of halogens is 2. The van der Waals surface area contributed by atoms with Crippen LogP contribution in [0.1, 0.15) is 28.4 Å². The lowest BCUT2D eigenvalue weighted by Crippen LogP contribution is -2.45. The number of carbonyl (C=O) groups excluding carboxylic acids is 1. The quantitative estimate of drug-likeness (QED) is 0.785. The monoisotopic (exact) mass is 365 g/mol. The Labute approximate surface area is 138 Å². The Morgan fingerprint density at radius 2 is 1.90 bits per heavy atom. The van der Waals surface area contributed by atoms with Crippen molar-refractivity contribution in [2.75, 3.05) is 5.88 Å². The molecule has 0 aromatic heterocycles.